The molecule has 2 aromatic heterocycles. The predicted octanol–water partition coefficient (Wildman–Crippen LogP) is 2.34. The van der Waals surface area contributed by atoms with Gasteiger partial charge in [-0.3, -0.25) is 9.88 Å². The first kappa shape index (κ1) is 21.1. The van der Waals surface area contributed by atoms with E-state index in [-0.39, 0.29) is 10.8 Å². The quantitative estimate of drug-likeness (QED) is 0.589. The van der Waals surface area contributed by atoms with Gasteiger partial charge in [-0.2, -0.15) is 5.26 Å². The average molecular weight is 438 g/mol. The lowest BCUT2D eigenvalue weighted by Gasteiger charge is -2.36. The number of aromatic hydroxyl groups is 1. The smallest absolute Gasteiger partial charge is 0.199 e. The van der Waals surface area contributed by atoms with Crippen LogP contribution in [0, 0.1) is 11.3 Å². The molecule has 0 saturated carbocycles. The van der Waals surface area contributed by atoms with Crippen LogP contribution in [0.2, 0.25) is 0 Å². The number of aromatic nitrogens is 2. The number of pyridine rings is 1. The molecular formula is C22H23N5O3S. The van der Waals surface area contributed by atoms with Crippen molar-refractivity contribution in [3.05, 3.63) is 54.7 Å². The first-order valence-electron chi connectivity index (χ1n) is 9.85. The largest absolute Gasteiger partial charge is 0.494 e. The van der Waals surface area contributed by atoms with E-state index >= 15 is 0 Å². The van der Waals surface area contributed by atoms with Gasteiger partial charge in [-0.05, 0) is 37.4 Å². The summed E-state index contributed by atoms with van der Waals surface area (Å²) in [5, 5.41) is 19.4. The minimum atomic E-state index is -3.70. The number of hydrogen-bond acceptors (Lipinski definition) is 7. The zero-order valence-corrected chi connectivity index (χ0v) is 17.9. The lowest BCUT2D eigenvalue weighted by molar-refractivity contribution is 0.154. The number of aromatic amines is 1. The van der Waals surface area contributed by atoms with Crippen molar-refractivity contribution >= 4 is 20.7 Å². The lowest BCUT2D eigenvalue weighted by Crippen LogP contribution is -2.50. The van der Waals surface area contributed by atoms with Crippen molar-refractivity contribution in [1.82, 2.24) is 19.8 Å². The van der Waals surface area contributed by atoms with Crippen LogP contribution >= 0.6 is 0 Å². The van der Waals surface area contributed by atoms with Crippen LogP contribution in [-0.2, 0) is 9.84 Å². The van der Waals surface area contributed by atoms with Gasteiger partial charge in [0.05, 0.1) is 27.8 Å². The molecule has 1 atom stereocenters. The molecule has 0 bridgehead atoms. The minimum absolute atomic E-state index is 0.0883. The topological polar surface area (TPSA) is 113 Å². The monoisotopic (exact) mass is 437 g/mol. The molecule has 9 heteroatoms. The number of H-pyrrole nitrogens is 1. The zero-order valence-electron chi connectivity index (χ0n) is 17.1. The van der Waals surface area contributed by atoms with Crippen LogP contribution in [-0.4, -0.2) is 71.9 Å². The van der Waals surface area contributed by atoms with Crippen molar-refractivity contribution in [2.45, 2.75) is 10.3 Å². The molecule has 1 aliphatic heterocycles. The standard InChI is InChI=1S/C22H23N5O3S/c1-3-20(27-10-8-26(2)9-11-27)31(29,30)16-5-7-19(24-14-16)21-17-12-15(13-23)4-6-18(17)25-22(21)28/h3-7,12,14,20,25,28H,1,8-11H2,2H3. The first-order chi connectivity index (χ1) is 14.8. The summed E-state index contributed by atoms with van der Waals surface area (Å²) in [7, 11) is -1.69. The van der Waals surface area contributed by atoms with Gasteiger partial charge in [0.1, 0.15) is 5.37 Å². The van der Waals surface area contributed by atoms with Crippen LogP contribution in [0.4, 0.5) is 0 Å². The number of rotatable bonds is 5. The number of sulfone groups is 1. The number of nitrogens with one attached hydrogen (secondary N) is 1. The Kier molecular flexibility index (Phi) is 5.54. The van der Waals surface area contributed by atoms with Crippen molar-refractivity contribution < 1.29 is 13.5 Å². The third kappa shape index (κ3) is 3.81. The van der Waals surface area contributed by atoms with Crippen molar-refractivity contribution in [3.8, 4) is 23.2 Å². The molecule has 0 radical (unpaired) electrons. The Morgan fingerprint density at radius 1 is 1.26 bits per heavy atom. The number of likely N-dealkylation sites (N-methyl/N-ethyl adjacent to an activating group) is 1. The maximum atomic E-state index is 13.2. The van der Waals surface area contributed by atoms with Crippen molar-refractivity contribution in [3.63, 3.8) is 0 Å². The molecule has 160 valence electrons. The van der Waals surface area contributed by atoms with Gasteiger partial charge in [0.25, 0.3) is 0 Å². The number of hydrogen-bond donors (Lipinski definition) is 2. The number of benzene rings is 1. The number of nitriles is 1. The molecule has 0 spiro atoms. The molecule has 1 fully saturated rings. The molecule has 3 aromatic rings. The Balaban J connectivity index is 1.68. The summed E-state index contributed by atoms with van der Waals surface area (Å²) in [6.45, 7) is 6.62. The molecular weight excluding hydrogens is 414 g/mol. The average Bonchev–Trinajstić information content (AvgIpc) is 3.10. The molecule has 31 heavy (non-hydrogen) atoms. The molecule has 3 heterocycles. The third-order valence-electron chi connectivity index (χ3n) is 5.65. The normalized spacial score (nSPS) is 16.8. The summed E-state index contributed by atoms with van der Waals surface area (Å²) < 4.78 is 26.5. The third-order valence-corrected chi connectivity index (χ3v) is 7.67. The highest BCUT2D eigenvalue weighted by atomic mass is 32.2. The fourth-order valence-corrected chi connectivity index (χ4v) is 5.48. The minimum Gasteiger partial charge on any atom is -0.494 e. The van der Waals surface area contributed by atoms with Gasteiger partial charge in [-0.1, -0.05) is 6.08 Å². The molecule has 1 aliphatic rings. The molecule has 8 nitrogen and oxygen atoms in total. The SMILES string of the molecule is C=CC(N1CCN(C)CC1)S(=O)(=O)c1ccc(-c2c(O)[nH]c3ccc(C#N)cc23)nc1. The van der Waals surface area contributed by atoms with Crippen LogP contribution in [0.5, 0.6) is 5.88 Å². The van der Waals surface area contributed by atoms with Crippen LogP contribution in [0.25, 0.3) is 22.2 Å². The molecule has 0 aliphatic carbocycles. The van der Waals surface area contributed by atoms with E-state index in [0.717, 1.165) is 13.1 Å². The Labute approximate surface area is 181 Å². The van der Waals surface area contributed by atoms with Crippen LogP contribution in [0.15, 0.2) is 54.1 Å². The van der Waals surface area contributed by atoms with Crippen LogP contribution < -0.4 is 0 Å². The van der Waals surface area contributed by atoms with E-state index < -0.39 is 15.2 Å². The summed E-state index contributed by atoms with van der Waals surface area (Å²) >= 11 is 0. The van der Waals surface area contributed by atoms with Gasteiger partial charge >= 0.3 is 0 Å². The van der Waals surface area contributed by atoms with Gasteiger partial charge in [0, 0.05) is 43.3 Å². The van der Waals surface area contributed by atoms with E-state index in [9.17, 15) is 13.5 Å². The predicted molar refractivity (Wildman–Crippen MR) is 118 cm³/mol. The van der Waals surface area contributed by atoms with Gasteiger partial charge < -0.3 is 15.0 Å². The van der Waals surface area contributed by atoms with E-state index in [1.165, 1.54) is 18.3 Å². The van der Waals surface area contributed by atoms with E-state index in [1.54, 1.807) is 24.3 Å². The van der Waals surface area contributed by atoms with Crippen LogP contribution in [0.3, 0.4) is 0 Å². The van der Waals surface area contributed by atoms with Gasteiger partial charge in [0.15, 0.2) is 15.7 Å². The van der Waals surface area contributed by atoms with Crippen LogP contribution in [0.1, 0.15) is 5.56 Å². The number of piperazine rings is 1. The maximum absolute atomic E-state index is 13.2. The maximum Gasteiger partial charge on any atom is 0.199 e. The Hall–Kier alpha value is -3.19. The second-order valence-corrected chi connectivity index (χ2v) is 9.65. The summed E-state index contributed by atoms with van der Waals surface area (Å²) in [5.41, 5.74) is 1.95. The second kappa shape index (κ2) is 8.15. The molecule has 0 amide bonds. The number of fused-ring (bicyclic) bond motifs is 1. The van der Waals surface area contributed by atoms with Crippen molar-refractivity contribution in [1.29, 1.82) is 5.26 Å². The lowest BCUT2D eigenvalue weighted by atomic mass is 10.1. The first-order valence-corrected chi connectivity index (χ1v) is 11.4. The molecule has 4 rings (SSSR count). The van der Waals surface area contributed by atoms with Crippen molar-refractivity contribution in [2.75, 3.05) is 33.2 Å². The van der Waals surface area contributed by atoms with E-state index in [2.05, 4.69) is 27.5 Å². The fourth-order valence-electron chi connectivity index (χ4n) is 3.89. The molecule has 1 aromatic carbocycles. The molecule has 2 N–H and O–H groups in total. The van der Waals surface area contributed by atoms with E-state index in [0.29, 0.717) is 40.8 Å². The summed E-state index contributed by atoms with van der Waals surface area (Å²) in [6.07, 6.45) is 2.77. The van der Waals surface area contributed by atoms with E-state index in [4.69, 9.17) is 5.26 Å². The zero-order chi connectivity index (χ0) is 22.2. The second-order valence-electron chi connectivity index (χ2n) is 7.61. The summed E-state index contributed by atoms with van der Waals surface area (Å²) in [6, 6.07) is 10.2. The highest BCUT2D eigenvalue weighted by molar-refractivity contribution is 7.92. The Bertz CT molecular complexity index is 1270. The Morgan fingerprint density at radius 3 is 2.61 bits per heavy atom. The number of nitrogens with zero attached hydrogens (tertiary/aromatic N) is 4. The highest BCUT2D eigenvalue weighted by Crippen LogP contribution is 2.36. The van der Waals surface area contributed by atoms with Gasteiger partial charge in [-0.25, -0.2) is 8.42 Å². The van der Waals surface area contributed by atoms with Gasteiger partial charge in [-0.15, -0.1) is 6.58 Å². The summed E-state index contributed by atoms with van der Waals surface area (Å²) in [4.78, 5) is 11.3. The molecule has 1 unspecified atom stereocenters. The fraction of sp³-hybridized carbons (Fsp3) is 0.273. The molecule has 1 saturated heterocycles. The summed E-state index contributed by atoms with van der Waals surface area (Å²) in [5.74, 6) is -0.0883. The highest BCUT2D eigenvalue weighted by Gasteiger charge is 2.32. The Morgan fingerprint density at radius 2 is 2.00 bits per heavy atom. The van der Waals surface area contributed by atoms with E-state index in [1.807, 2.05) is 11.9 Å². The van der Waals surface area contributed by atoms with Gasteiger partial charge in [0.2, 0.25) is 0 Å². The van der Waals surface area contributed by atoms with Crippen molar-refractivity contribution in [2.24, 2.45) is 0 Å².